The Morgan fingerprint density at radius 3 is 1.58 bits per heavy atom. The fraction of sp³-hybridized carbons (Fsp3) is 0.154. The van der Waals surface area contributed by atoms with Crippen molar-refractivity contribution in [2.24, 2.45) is 0 Å². The van der Waals surface area contributed by atoms with Crippen molar-refractivity contribution in [1.29, 1.82) is 0 Å². The molecule has 0 bridgehead atoms. The molecule has 2 atom stereocenters. The van der Waals surface area contributed by atoms with Crippen LogP contribution in [0.15, 0.2) is 78.9 Å². The summed E-state index contributed by atoms with van der Waals surface area (Å²) in [5.41, 5.74) is 4.05. The van der Waals surface area contributed by atoms with E-state index in [4.69, 9.17) is 15.6 Å². The van der Waals surface area contributed by atoms with E-state index in [-0.39, 0.29) is 16.6 Å². The molecule has 7 N–H and O–H groups in total. The molecular weight excluding hydrogens is 470 g/mol. The number of hydrogen-bond donors (Lipinski definition) is 4. The Morgan fingerprint density at radius 1 is 0.778 bits per heavy atom. The fourth-order valence-corrected chi connectivity index (χ4v) is 2.93. The average Bonchev–Trinajstić information content (AvgIpc) is 2.83. The molecule has 0 aliphatic heterocycles. The molecule has 0 saturated carbocycles. The largest absolute Gasteiger partial charge is 0.479 e. The number of carbonyl (C=O) groups is 4. The predicted molar refractivity (Wildman–Crippen MR) is 131 cm³/mol. The van der Waals surface area contributed by atoms with Crippen LogP contribution in [0.3, 0.4) is 0 Å². The zero-order valence-electron chi connectivity index (χ0n) is 19.5. The van der Waals surface area contributed by atoms with Crippen molar-refractivity contribution in [2.45, 2.75) is 25.6 Å². The van der Waals surface area contributed by atoms with Gasteiger partial charge in [0.25, 0.3) is 0 Å². The molecule has 0 spiro atoms. The average molecular weight is 498 g/mol. The van der Waals surface area contributed by atoms with Crippen LogP contribution >= 0.6 is 0 Å². The molecule has 3 rings (SSSR count). The van der Waals surface area contributed by atoms with Gasteiger partial charge in [-0.15, -0.1) is 0 Å². The Bertz CT molecular complexity index is 1190. The zero-order chi connectivity index (χ0) is 26.2. The number of anilines is 1. The van der Waals surface area contributed by atoms with Gasteiger partial charge in [0.05, 0.1) is 5.56 Å². The first-order chi connectivity index (χ1) is 16.5. The van der Waals surface area contributed by atoms with Gasteiger partial charge in [0.15, 0.2) is 0 Å². The van der Waals surface area contributed by atoms with E-state index >= 15 is 0 Å². The van der Waals surface area contributed by atoms with Crippen molar-refractivity contribution in [3.63, 3.8) is 0 Å². The Balaban J connectivity index is 0.000000696. The first kappa shape index (κ1) is 29.5. The molecule has 3 aromatic rings. The molecule has 0 aliphatic carbocycles. The molecule has 0 aliphatic rings. The molecule has 0 aromatic heterocycles. The van der Waals surface area contributed by atoms with Crippen molar-refractivity contribution in [2.75, 3.05) is 5.73 Å². The number of para-hydroxylation sites is 1. The number of ether oxygens (including phenoxy) is 1. The number of aliphatic hydroxyl groups excluding tert-OH is 1. The number of ketones is 1. The number of aliphatic hydroxyl groups is 1. The molecule has 3 aromatic carbocycles. The lowest BCUT2D eigenvalue weighted by Crippen LogP contribution is -2.61. The summed E-state index contributed by atoms with van der Waals surface area (Å²) in [7, 11) is 0. The molecule has 0 radical (unpaired) electrons. The normalized spacial score (nSPS) is 12.4. The van der Waals surface area contributed by atoms with Crippen LogP contribution in [0.4, 0.5) is 5.69 Å². The number of carbonyl (C=O) groups excluding carboxylic acids is 2. The van der Waals surface area contributed by atoms with Gasteiger partial charge in [-0.3, -0.25) is 4.79 Å². The molecule has 0 heterocycles. The Morgan fingerprint density at radius 2 is 1.22 bits per heavy atom. The molecule has 10 nitrogen and oxygen atoms in total. The number of nitrogens with two attached hydrogens (primary N) is 1. The first-order valence-electron chi connectivity index (χ1n) is 10.3. The van der Waals surface area contributed by atoms with E-state index in [9.17, 15) is 29.4 Å². The first-order valence-corrected chi connectivity index (χ1v) is 10.3. The van der Waals surface area contributed by atoms with Gasteiger partial charge in [0.1, 0.15) is 0 Å². The number of Topliss-reactive ketones (excluding diaryl/α,β-unsaturated/α-hetero) is 1. The summed E-state index contributed by atoms with van der Waals surface area (Å²) in [6.07, 6.45) is -2.83. The highest BCUT2D eigenvalue weighted by atomic mass is 16.6. The summed E-state index contributed by atoms with van der Waals surface area (Å²) in [4.78, 5) is 48.7. The van der Waals surface area contributed by atoms with Gasteiger partial charge in [-0.2, -0.15) is 0 Å². The smallest absolute Gasteiger partial charge is 0.360 e. The number of benzene rings is 3. The van der Waals surface area contributed by atoms with Crippen LogP contribution in [0.2, 0.25) is 0 Å². The number of aliphatic carboxylic acids is 2. The maximum Gasteiger partial charge on any atom is 0.360 e. The SMILES string of the molecule is Cc1ccc(C(=O)O[C@@](C(=O)O)(C(=O)c2ccc(C)cc2)[C@H](O)C(=O)O)cc1.Nc1ccccc1.O. The lowest BCUT2D eigenvalue weighted by atomic mass is 9.86. The molecular formula is C26H27NO9. The topological polar surface area (TPSA) is 196 Å². The van der Waals surface area contributed by atoms with Crippen molar-refractivity contribution >= 4 is 29.4 Å². The van der Waals surface area contributed by atoms with Gasteiger partial charge >= 0.3 is 23.5 Å². The predicted octanol–water partition coefficient (Wildman–Crippen LogP) is 2.06. The minimum absolute atomic E-state index is 0. The summed E-state index contributed by atoms with van der Waals surface area (Å²) in [6, 6.07) is 20.7. The number of nitrogen functional groups attached to an aromatic ring is 1. The minimum Gasteiger partial charge on any atom is -0.479 e. The van der Waals surface area contributed by atoms with Gasteiger partial charge < -0.3 is 31.3 Å². The van der Waals surface area contributed by atoms with Crippen LogP contribution < -0.4 is 5.73 Å². The fourth-order valence-electron chi connectivity index (χ4n) is 2.93. The van der Waals surface area contributed by atoms with Crippen LogP contribution in [0.25, 0.3) is 0 Å². The van der Waals surface area contributed by atoms with Crippen LogP contribution in [0, 0.1) is 13.8 Å². The van der Waals surface area contributed by atoms with Crippen LogP contribution in [0.5, 0.6) is 0 Å². The Kier molecular flexibility index (Phi) is 10.5. The van der Waals surface area contributed by atoms with E-state index in [1.807, 2.05) is 30.3 Å². The lowest BCUT2D eigenvalue weighted by Gasteiger charge is -2.30. The monoisotopic (exact) mass is 497 g/mol. The van der Waals surface area contributed by atoms with E-state index in [0.29, 0.717) is 0 Å². The second-order valence-corrected chi connectivity index (χ2v) is 7.64. The minimum atomic E-state index is -3.36. The van der Waals surface area contributed by atoms with Gasteiger partial charge in [-0.25, -0.2) is 14.4 Å². The summed E-state index contributed by atoms with van der Waals surface area (Å²) in [5.74, 6) is -6.76. The number of carboxylic acid groups (broad SMARTS) is 2. The third kappa shape index (κ3) is 6.98. The summed E-state index contributed by atoms with van der Waals surface area (Å²) >= 11 is 0. The third-order valence-electron chi connectivity index (χ3n) is 4.93. The van der Waals surface area contributed by atoms with E-state index in [0.717, 1.165) is 16.8 Å². The quantitative estimate of drug-likeness (QED) is 0.163. The standard InChI is InChI=1S/C20H18O8.C6H7N.H2O/c1-11-3-7-13(8-4-11)15(21)20(19(26)27,16(22)17(23)24)28-18(25)14-9-5-12(2)6-10-14;7-6-4-2-1-3-5-6;/h3-10,16,22H,1-2H3,(H,23,24)(H,26,27);1-5H,7H2;1H2/t16-,20+;;/m1../s1. The van der Waals surface area contributed by atoms with E-state index in [1.165, 1.54) is 36.4 Å². The number of carboxylic acids is 2. The highest BCUT2D eigenvalue weighted by molar-refractivity contribution is 6.19. The lowest BCUT2D eigenvalue weighted by molar-refractivity contribution is -0.176. The molecule has 0 fully saturated rings. The maximum atomic E-state index is 12.9. The number of hydrogen-bond acceptors (Lipinski definition) is 7. The van der Waals surface area contributed by atoms with Crippen molar-refractivity contribution in [1.82, 2.24) is 0 Å². The van der Waals surface area contributed by atoms with Crippen molar-refractivity contribution in [3.05, 3.63) is 101 Å². The highest BCUT2D eigenvalue weighted by Crippen LogP contribution is 2.26. The summed E-state index contributed by atoms with van der Waals surface area (Å²) in [6.45, 7) is 3.48. The molecule has 0 saturated heterocycles. The Hall–Kier alpha value is -4.54. The van der Waals surface area contributed by atoms with E-state index in [2.05, 4.69) is 0 Å². The highest BCUT2D eigenvalue weighted by Gasteiger charge is 2.59. The van der Waals surface area contributed by atoms with Gasteiger partial charge in [-0.05, 0) is 38.1 Å². The third-order valence-corrected chi connectivity index (χ3v) is 4.93. The van der Waals surface area contributed by atoms with Crippen LogP contribution in [-0.4, -0.2) is 56.2 Å². The summed E-state index contributed by atoms with van der Waals surface area (Å²) in [5, 5.41) is 28.9. The molecule has 10 heteroatoms. The second kappa shape index (κ2) is 12.8. The number of rotatable bonds is 7. The van der Waals surface area contributed by atoms with E-state index < -0.39 is 35.4 Å². The number of aryl methyl sites for hydroxylation is 2. The molecule has 190 valence electrons. The van der Waals surface area contributed by atoms with Gasteiger partial charge in [0.2, 0.25) is 11.9 Å². The second-order valence-electron chi connectivity index (χ2n) is 7.64. The van der Waals surface area contributed by atoms with Crippen LogP contribution in [0.1, 0.15) is 31.8 Å². The van der Waals surface area contributed by atoms with Crippen molar-refractivity contribution in [3.8, 4) is 0 Å². The summed E-state index contributed by atoms with van der Waals surface area (Å²) < 4.78 is 4.88. The number of esters is 1. The molecule has 0 amide bonds. The van der Waals surface area contributed by atoms with Gasteiger partial charge in [-0.1, -0.05) is 65.7 Å². The van der Waals surface area contributed by atoms with Gasteiger partial charge in [0, 0.05) is 11.3 Å². The van der Waals surface area contributed by atoms with E-state index in [1.54, 1.807) is 26.0 Å². The maximum absolute atomic E-state index is 12.9. The molecule has 0 unspecified atom stereocenters. The van der Waals surface area contributed by atoms with Crippen molar-refractivity contribution < 1.29 is 44.7 Å². The molecule has 36 heavy (non-hydrogen) atoms. The zero-order valence-corrected chi connectivity index (χ0v) is 19.5. The Labute approximate surface area is 206 Å². The van der Waals surface area contributed by atoms with Crippen LogP contribution in [-0.2, 0) is 14.3 Å².